The van der Waals surface area contributed by atoms with Gasteiger partial charge >= 0.3 is 39.5 Å². The number of hydrogen-bond donors (Lipinski definition) is 3. The monoisotopic (exact) mass is 1140 g/mol. The van der Waals surface area contributed by atoms with Gasteiger partial charge in [0.15, 0.2) is 12.2 Å². The standard InChI is InChI=1S/C58H112O17P2/c1-5-9-13-17-20-22-23-24-25-26-27-28-29-30-33-37-41-45-58(63)75-54(49-69-56(61)43-39-35-32-21-18-14-10-6-2)51-73-77(66,67)71-47-52(59)46-70-76(64,65)72-50-53(48-68-55(60)42-38-34-16-12-8-4)74-57(62)44-40-36-31-19-15-11-7-3/h52-54,59H,5-51H2,1-4H3,(H,64,65)(H,66,67)/t52-,53+,54+/m0/s1. The molecule has 0 aliphatic carbocycles. The minimum Gasteiger partial charge on any atom is -0.462 e. The number of hydrogen-bond acceptors (Lipinski definition) is 15. The molecular weight excluding hydrogens is 1030 g/mol. The molecule has 0 aromatic heterocycles. The third kappa shape index (κ3) is 53.2. The molecule has 2 unspecified atom stereocenters. The number of aliphatic hydroxyl groups is 1. The van der Waals surface area contributed by atoms with Gasteiger partial charge in [-0.3, -0.25) is 37.3 Å². The molecule has 0 aromatic carbocycles. The molecule has 0 heterocycles. The van der Waals surface area contributed by atoms with Gasteiger partial charge in [-0.1, -0.05) is 240 Å². The van der Waals surface area contributed by atoms with E-state index in [4.69, 9.17) is 37.0 Å². The zero-order valence-corrected chi connectivity index (χ0v) is 50.7. The number of esters is 4. The molecule has 0 amide bonds. The van der Waals surface area contributed by atoms with Gasteiger partial charge in [0.1, 0.15) is 19.3 Å². The number of carbonyl (C=O) groups is 4. The molecule has 0 rings (SSSR count). The highest BCUT2D eigenvalue weighted by atomic mass is 31.2. The highest BCUT2D eigenvalue weighted by molar-refractivity contribution is 7.47. The van der Waals surface area contributed by atoms with Gasteiger partial charge in [0.25, 0.3) is 0 Å². The topological polar surface area (TPSA) is 237 Å². The molecule has 0 aliphatic heterocycles. The molecule has 19 heteroatoms. The summed E-state index contributed by atoms with van der Waals surface area (Å²) >= 11 is 0. The van der Waals surface area contributed by atoms with Crippen molar-refractivity contribution in [2.24, 2.45) is 0 Å². The minimum absolute atomic E-state index is 0.103. The van der Waals surface area contributed by atoms with Crippen LogP contribution >= 0.6 is 15.6 Å². The molecule has 17 nitrogen and oxygen atoms in total. The van der Waals surface area contributed by atoms with Crippen molar-refractivity contribution in [3.63, 3.8) is 0 Å². The van der Waals surface area contributed by atoms with Gasteiger partial charge in [-0.05, 0) is 25.7 Å². The molecule has 3 N–H and O–H groups in total. The maximum absolute atomic E-state index is 12.9. The maximum Gasteiger partial charge on any atom is 0.472 e. The molecule has 0 radical (unpaired) electrons. The first-order valence-electron chi connectivity index (χ1n) is 30.8. The molecule has 0 saturated heterocycles. The van der Waals surface area contributed by atoms with Crippen LogP contribution in [0.25, 0.3) is 0 Å². The molecular formula is C58H112O17P2. The molecule has 0 saturated carbocycles. The van der Waals surface area contributed by atoms with E-state index >= 15 is 0 Å². The predicted molar refractivity (Wildman–Crippen MR) is 303 cm³/mol. The van der Waals surface area contributed by atoms with Crippen molar-refractivity contribution in [2.75, 3.05) is 39.6 Å². The van der Waals surface area contributed by atoms with Gasteiger partial charge in [-0.2, -0.15) is 0 Å². The van der Waals surface area contributed by atoms with Crippen LogP contribution in [0.2, 0.25) is 0 Å². The van der Waals surface area contributed by atoms with Crippen LogP contribution in [0.4, 0.5) is 0 Å². The second kappa shape index (κ2) is 53.4. The average molecular weight is 1140 g/mol. The lowest BCUT2D eigenvalue weighted by atomic mass is 10.0. The lowest BCUT2D eigenvalue weighted by Crippen LogP contribution is -2.30. The fourth-order valence-electron chi connectivity index (χ4n) is 8.57. The van der Waals surface area contributed by atoms with Crippen molar-refractivity contribution in [1.82, 2.24) is 0 Å². The molecule has 0 aliphatic rings. The summed E-state index contributed by atoms with van der Waals surface area (Å²) in [5, 5.41) is 10.5. The van der Waals surface area contributed by atoms with E-state index < -0.39 is 97.5 Å². The quantitative estimate of drug-likeness (QED) is 0.0222. The summed E-state index contributed by atoms with van der Waals surface area (Å²) in [5.74, 6) is -2.16. The third-order valence-corrected chi connectivity index (χ3v) is 15.3. The van der Waals surface area contributed by atoms with E-state index in [0.717, 1.165) is 116 Å². The van der Waals surface area contributed by atoms with Gasteiger partial charge in [0.05, 0.1) is 26.4 Å². The number of carbonyl (C=O) groups excluding carboxylic acids is 4. The van der Waals surface area contributed by atoms with Gasteiger partial charge in [-0.15, -0.1) is 0 Å². The van der Waals surface area contributed by atoms with E-state index in [1.807, 2.05) is 0 Å². The zero-order chi connectivity index (χ0) is 56.9. The first-order chi connectivity index (χ1) is 37.2. The summed E-state index contributed by atoms with van der Waals surface area (Å²) in [6.45, 7) is 4.69. The Morgan fingerprint density at radius 3 is 0.766 bits per heavy atom. The SMILES string of the molecule is CCCCCCCCCCCCCCCCCCCC(=O)O[C@H](COC(=O)CCCCCCCCCC)COP(=O)(O)OC[C@@H](O)COP(=O)(O)OC[C@@H](COC(=O)CCCCCCC)OC(=O)CCCCCCCCC. The highest BCUT2D eigenvalue weighted by Crippen LogP contribution is 2.45. The maximum atomic E-state index is 12.9. The van der Waals surface area contributed by atoms with Crippen molar-refractivity contribution in [1.29, 1.82) is 0 Å². The van der Waals surface area contributed by atoms with Crippen molar-refractivity contribution >= 4 is 39.5 Å². The largest absolute Gasteiger partial charge is 0.472 e. The van der Waals surface area contributed by atoms with Crippen LogP contribution < -0.4 is 0 Å². The first-order valence-corrected chi connectivity index (χ1v) is 33.8. The first kappa shape index (κ1) is 75.1. The average Bonchev–Trinajstić information content (AvgIpc) is 3.40. The Labute approximate surface area is 467 Å². The molecule has 77 heavy (non-hydrogen) atoms. The highest BCUT2D eigenvalue weighted by Gasteiger charge is 2.30. The van der Waals surface area contributed by atoms with Crippen LogP contribution in [0.1, 0.15) is 291 Å². The Bertz CT molecular complexity index is 1500. The smallest absolute Gasteiger partial charge is 0.462 e. The zero-order valence-electron chi connectivity index (χ0n) is 48.9. The van der Waals surface area contributed by atoms with E-state index in [2.05, 4.69) is 27.7 Å². The van der Waals surface area contributed by atoms with Crippen molar-refractivity contribution in [3.8, 4) is 0 Å². The fraction of sp³-hybridized carbons (Fsp3) is 0.931. The van der Waals surface area contributed by atoms with Crippen molar-refractivity contribution in [3.05, 3.63) is 0 Å². The van der Waals surface area contributed by atoms with E-state index in [-0.39, 0.29) is 25.7 Å². The Morgan fingerprint density at radius 1 is 0.312 bits per heavy atom. The Hall–Kier alpha value is -1.94. The summed E-state index contributed by atoms with van der Waals surface area (Å²) in [4.78, 5) is 71.5. The van der Waals surface area contributed by atoms with Crippen LogP contribution in [0.5, 0.6) is 0 Å². The fourth-order valence-corrected chi connectivity index (χ4v) is 10.2. The van der Waals surface area contributed by atoms with Gasteiger partial charge in [0.2, 0.25) is 0 Å². The number of phosphoric ester groups is 2. The molecule has 5 atom stereocenters. The van der Waals surface area contributed by atoms with Crippen molar-refractivity contribution in [2.45, 2.75) is 309 Å². The Morgan fingerprint density at radius 2 is 0.519 bits per heavy atom. The minimum atomic E-state index is -4.93. The molecule has 0 spiro atoms. The van der Waals surface area contributed by atoms with Crippen LogP contribution in [-0.4, -0.2) is 96.7 Å². The third-order valence-electron chi connectivity index (χ3n) is 13.4. The van der Waals surface area contributed by atoms with Gasteiger partial charge in [-0.25, -0.2) is 9.13 Å². The normalized spacial score (nSPS) is 14.3. The van der Waals surface area contributed by atoms with E-state index in [1.54, 1.807) is 0 Å². The van der Waals surface area contributed by atoms with Crippen LogP contribution in [0, 0.1) is 0 Å². The molecule has 0 aromatic rings. The van der Waals surface area contributed by atoms with Gasteiger partial charge in [0, 0.05) is 25.7 Å². The number of ether oxygens (including phenoxy) is 4. The summed E-state index contributed by atoms with van der Waals surface area (Å²) in [5.41, 5.74) is 0. The number of phosphoric acid groups is 2. The number of aliphatic hydroxyl groups excluding tert-OH is 1. The van der Waals surface area contributed by atoms with Crippen molar-refractivity contribution < 1.29 is 80.2 Å². The van der Waals surface area contributed by atoms with E-state index in [9.17, 15) is 43.2 Å². The van der Waals surface area contributed by atoms with Crippen LogP contribution in [-0.2, 0) is 65.4 Å². The molecule has 0 bridgehead atoms. The summed E-state index contributed by atoms with van der Waals surface area (Å²) in [7, 11) is -9.86. The van der Waals surface area contributed by atoms with E-state index in [0.29, 0.717) is 25.7 Å². The summed E-state index contributed by atoms with van der Waals surface area (Å²) in [6.07, 6.45) is 36.8. The number of rotatable bonds is 59. The summed E-state index contributed by atoms with van der Waals surface area (Å²) in [6, 6.07) is 0. The van der Waals surface area contributed by atoms with Crippen LogP contribution in [0.15, 0.2) is 0 Å². The lowest BCUT2D eigenvalue weighted by Gasteiger charge is -2.21. The number of unbranched alkanes of at least 4 members (excludes halogenated alkanes) is 33. The summed E-state index contributed by atoms with van der Waals surface area (Å²) < 4.78 is 67.4. The van der Waals surface area contributed by atoms with Gasteiger partial charge < -0.3 is 33.8 Å². The predicted octanol–water partition coefficient (Wildman–Crippen LogP) is 15.6. The molecule has 456 valence electrons. The Balaban J connectivity index is 5.09. The molecule has 0 fully saturated rings. The second-order valence-electron chi connectivity index (χ2n) is 21.0. The lowest BCUT2D eigenvalue weighted by molar-refractivity contribution is -0.161. The van der Waals surface area contributed by atoms with Crippen LogP contribution in [0.3, 0.4) is 0 Å². The second-order valence-corrected chi connectivity index (χ2v) is 23.9. The van der Waals surface area contributed by atoms with E-state index in [1.165, 1.54) is 96.3 Å². The Kier molecular flexibility index (Phi) is 52.0.